The van der Waals surface area contributed by atoms with E-state index in [0.717, 1.165) is 109 Å². The van der Waals surface area contributed by atoms with Gasteiger partial charge in [-0.1, -0.05) is 150 Å². The van der Waals surface area contributed by atoms with E-state index in [-0.39, 0.29) is 0 Å². The molecule has 2 heterocycles. The van der Waals surface area contributed by atoms with Crippen LogP contribution in [-0.4, -0.2) is 121 Å². The number of rotatable bonds is 8. The van der Waals surface area contributed by atoms with Gasteiger partial charge >= 0.3 is 0 Å². The molecule has 4 aliphatic rings. The van der Waals surface area contributed by atoms with Gasteiger partial charge in [0.15, 0.2) is 0 Å². The van der Waals surface area contributed by atoms with Gasteiger partial charge in [-0.25, -0.2) is 0 Å². The largest absolute Gasteiger partial charge is 0.389 e. The fraction of sp³-hybridized carbons (Fsp3) is 0.769. The Kier molecular flexibility index (Phi) is 21.0. The number of nitrogens with zero attached hydrogens (tertiary/aromatic N) is 4. The van der Waals surface area contributed by atoms with Crippen molar-refractivity contribution in [2.45, 2.75) is 166 Å². The van der Waals surface area contributed by atoms with Gasteiger partial charge in [0.1, 0.15) is 0 Å². The second kappa shape index (κ2) is 25.6. The summed E-state index contributed by atoms with van der Waals surface area (Å²) in [6.07, 6.45) is 26.7. The first-order chi connectivity index (χ1) is 28.5. The van der Waals surface area contributed by atoms with Crippen LogP contribution >= 0.6 is 11.6 Å². The molecule has 4 atom stereocenters. The second-order valence-corrected chi connectivity index (χ2v) is 20.4. The quantitative estimate of drug-likeness (QED) is 0.276. The molecule has 334 valence electrons. The summed E-state index contributed by atoms with van der Waals surface area (Å²) in [5.74, 6) is 0.723. The maximum absolute atomic E-state index is 12.2. The molecule has 6 nitrogen and oxygen atoms in total. The minimum absolute atomic E-state index is 0.348. The van der Waals surface area contributed by atoms with Crippen LogP contribution in [0.1, 0.15) is 151 Å². The molecule has 2 aliphatic carbocycles. The first kappa shape index (κ1) is 48.5. The smallest absolute Gasteiger partial charge is 0.0728 e. The first-order valence-electron chi connectivity index (χ1n) is 24.6. The standard InChI is InChI=1S/C27H46N2O.C25H41ClN2O/c1-23-13-14-24(2)25(20-23)21-27(30)15-11-9-7-5-4-6-8-10-12-26(27)22-29-18-16-28(3)17-19-29;1-27-16-18-28(19-17-27)21-23-10-8-6-4-2-3-5-7-9-15-25(23,29)20-22-11-13-24(26)14-12-22/h13-14,20,26,30H,4-12,15-19,21-22H2,1-3H3;11-14,23,29H,2-10,15-21H2,1H3. The van der Waals surface area contributed by atoms with Crippen molar-refractivity contribution < 1.29 is 10.2 Å². The van der Waals surface area contributed by atoms with Gasteiger partial charge in [-0.3, -0.25) is 0 Å². The summed E-state index contributed by atoms with van der Waals surface area (Å²) in [5.41, 5.74) is 4.01. The van der Waals surface area contributed by atoms with Crippen molar-refractivity contribution in [3.8, 4) is 0 Å². The van der Waals surface area contributed by atoms with Crippen molar-refractivity contribution >= 4 is 11.6 Å². The highest BCUT2D eigenvalue weighted by Crippen LogP contribution is 2.36. The van der Waals surface area contributed by atoms with Crippen molar-refractivity contribution in [1.82, 2.24) is 19.6 Å². The SMILES string of the molecule is CN1CCN(CC2CCCCCCCCCCC2(O)Cc2ccc(Cl)cc2)CC1.Cc1ccc(C)c(CC2(O)CCCCCCCCCCC2CN2CCN(C)CC2)c1. The van der Waals surface area contributed by atoms with Crippen LogP contribution in [0.4, 0.5) is 0 Å². The molecule has 4 unspecified atom stereocenters. The zero-order valence-electron chi connectivity index (χ0n) is 38.4. The van der Waals surface area contributed by atoms with Gasteiger partial charge in [-0.05, 0) is 82.4 Å². The van der Waals surface area contributed by atoms with Gasteiger partial charge in [0.2, 0.25) is 0 Å². The third-order valence-electron chi connectivity index (χ3n) is 14.9. The van der Waals surface area contributed by atoms with E-state index in [1.165, 1.54) is 125 Å². The van der Waals surface area contributed by atoms with Crippen LogP contribution in [0.15, 0.2) is 42.5 Å². The lowest BCUT2D eigenvalue weighted by molar-refractivity contribution is -0.0484. The van der Waals surface area contributed by atoms with Crippen molar-refractivity contribution in [3.63, 3.8) is 0 Å². The Bertz CT molecular complexity index is 1440. The molecule has 59 heavy (non-hydrogen) atoms. The Morgan fingerprint density at radius 2 is 0.932 bits per heavy atom. The molecule has 0 spiro atoms. The minimum atomic E-state index is -0.615. The maximum Gasteiger partial charge on any atom is 0.0728 e. The highest BCUT2D eigenvalue weighted by atomic mass is 35.5. The van der Waals surface area contributed by atoms with Crippen LogP contribution < -0.4 is 0 Å². The normalized spacial score (nSPS) is 28.9. The molecule has 2 aromatic rings. The van der Waals surface area contributed by atoms with Gasteiger partial charge < -0.3 is 29.8 Å². The number of aryl methyl sites for hydroxylation is 2. The summed E-state index contributed by atoms with van der Waals surface area (Å²) in [6, 6.07) is 14.9. The Balaban J connectivity index is 0.000000224. The van der Waals surface area contributed by atoms with Gasteiger partial charge in [0.25, 0.3) is 0 Å². The Morgan fingerprint density at radius 3 is 1.39 bits per heavy atom. The first-order valence-corrected chi connectivity index (χ1v) is 25.0. The van der Waals surface area contributed by atoms with E-state index < -0.39 is 11.2 Å². The lowest BCUT2D eigenvalue weighted by atomic mass is 9.74. The van der Waals surface area contributed by atoms with Crippen molar-refractivity contribution in [2.75, 3.05) is 79.5 Å². The minimum Gasteiger partial charge on any atom is -0.389 e. The summed E-state index contributed by atoms with van der Waals surface area (Å²) >= 11 is 6.11. The summed E-state index contributed by atoms with van der Waals surface area (Å²) < 4.78 is 0. The lowest BCUT2D eigenvalue weighted by Gasteiger charge is -2.42. The Hall–Kier alpha value is -1.51. The third kappa shape index (κ3) is 16.9. The van der Waals surface area contributed by atoms with Crippen LogP contribution in [0, 0.1) is 25.7 Å². The molecule has 0 radical (unpaired) electrons. The predicted molar refractivity (Wildman–Crippen MR) is 252 cm³/mol. The summed E-state index contributed by atoms with van der Waals surface area (Å²) in [5, 5.41) is 25.1. The maximum atomic E-state index is 12.2. The number of piperazine rings is 2. The number of hydrogen-bond donors (Lipinski definition) is 2. The van der Waals surface area contributed by atoms with Crippen molar-refractivity contribution in [1.29, 1.82) is 0 Å². The van der Waals surface area contributed by atoms with Crippen LogP contribution in [-0.2, 0) is 12.8 Å². The molecule has 0 aromatic heterocycles. The monoisotopic (exact) mass is 835 g/mol. The Morgan fingerprint density at radius 1 is 0.525 bits per heavy atom. The fourth-order valence-electron chi connectivity index (χ4n) is 10.7. The molecule has 7 heteroatoms. The third-order valence-corrected chi connectivity index (χ3v) is 15.2. The van der Waals surface area contributed by atoms with E-state index in [4.69, 9.17) is 11.6 Å². The molecule has 4 fully saturated rings. The summed E-state index contributed by atoms with van der Waals surface area (Å²) in [6.45, 7) is 15.6. The van der Waals surface area contributed by atoms with Crippen LogP contribution in [0.3, 0.4) is 0 Å². The van der Waals surface area contributed by atoms with E-state index in [0.29, 0.717) is 11.8 Å². The zero-order valence-corrected chi connectivity index (χ0v) is 39.1. The number of benzene rings is 2. The lowest BCUT2D eigenvalue weighted by Crippen LogP contribution is -2.51. The summed E-state index contributed by atoms with van der Waals surface area (Å²) in [4.78, 5) is 10.1. The molecule has 0 amide bonds. The molecule has 6 rings (SSSR count). The molecular formula is C52H87ClN4O2. The van der Waals surface area contributed by atoms with E-state index >= 15 is 0 Å². The number of hydrogen-bond acceptors (Lipinski definition) is 6. The van der Waals surface area contributed by atoms with Crippen molar-refractivity contribution in [2.24, 2.45) is 11.8 Å². The Labute approximate surface area is 367 Å². The number of likely N-dealkylation sites (N-methyl/N-ethyl adjacent to an activating group) is 2. The van der Waals surface area contributed by atoms with Gasteiger partial charge in [0.05, 0.1) is 11.2 Å². The second-order valence-electron chi connectivity index (χ2n) is 20.0. The van der Waals surface area contributed by atoms with Crippen molar-refractivity contribution in [3.05, 3.63) is 69.7 Å². The van der Waals surface area contributed by atoms with E-state index in [1.54, 1.807) is 0 Å². The molecule has 2 saturated heterocycles. The number of aliphatic hydroxyl groups is 2. The molecule has 2 N–H and O–H groups in total. The van der Waals surface area contributed by atoms with Gasteiger partial charge in [-0.15, -0.1) is 0 Å². The molecule has 2 aliphatic heterocycles. The average Bonchev–Trinajstić information content (AvgIpc) is 3.21. The van der Waals surface area contributed by atoms with Crippen LogP contribution in [0.5, 0.6) is 0 Å². The van der Waals surface area contributed by atoms with E-state index in [2.05, 4.69) is 77.9 Å². The molecule has 2 aromatic carbocycles. The van der Waals surface area contributed by atoms with E-state index in [1.807, 2.05) is 12.1 Å². The molecule has 2 saturated carbocycles. The average molecular weight is 836 g/mol. The van der Waals surface area contributed by atoms with E-state index in [9.17, 15) is 10.2 Å². The van der Waals surface area contributed by atoms with Crippen LogP contribution in [0.25, 0.3) is 0 Å². The molecule has 0 bridgehead atoms. The highest BCUT2D eigenvalue weighted by Gasteiger charge is 2.39. The summed E-state index contributed by atoms with van der Waals surface area (Å²) in [7, 11) is 4.44. The van der Waals surface area contributed by atoms with Gasteiger partial charge in [0, 0.05) is 95.1 Å². The number of halogens is 1. The molecular weight excluding hydrogens is 748 g/mol. The van der Waals surface area contributed by atoms with Gasteiger partial charge in [-0.2, -0.15) is 0 Å². The fourth-order valence-corrected chi connectivity index (χ4v) is 10.8. The predicted octanol–water partition coefficient (Wildman–Crippen LogP) is 10.7. The topological polar surface area (TPSA) is 53.4 Å². The van der Waals surface area contributed by atoms with Crippen LogP contribution in [0.2, 0.25) is 5.02 Å². The zero-order chi connectivity index (χ0) is 41.9. The highest BCUT2D eigenvalue weighted by molar-refractivity contribution is 6.30.